The van der Waals surface area contributed by atoms with Gasteiger partial charge in [0, 0.05) is 24.7 Å². The standard InChI is InChI=1S/C14H13N5O5/c1-10-12(8-11(18(21)22)9-13(10)19(23)24)14(20)17(6-2-4-15)7-3-5-16/h8-9H,2-3,6-7H2,1H3. The largest absolute Gasteiger partial charge is 0.337 e. The summed E-state index contributed by atoms with van der Waals surface area (Å²) in [6.07, 6.45) is 0.0144. The highest BCUT2D eigenvalue weighted by Gasteiger charge is 2.27. The molecule has 0 aromatic heterocycles. The fourth-order valence-corrected chi connectivity index (χ4v) is 2.06. The average molecular weight is 331 g/mol. The number of non-ortho nitro benzene ring substituents is 1. The van der Waals surface area contributed by atoms with Crippen molar-refractivity contribution in [3.05, 3.63) is 43.5 Å². The van der Waals surface area contributed by atoms with Gasteiger partial charge in [-0.2, -0.15) is 10.5 Å². The Morgan fingerprint density at radius 3 is 2.08 bits per heavy atom. The van der Waals surface area contributed by atoms with E-state index in [1.165, 1.54) is 11.8 Å². The quantitative estimate of drug-likeness (QED) is 0.547. The van der Waals surface area contributed by atoms with Crippen LogP contribution in [0.1, 0.15) is 28.8 Å². The maximum atomic E-state index is 12.6. The molecule has 0 bridgehead atoms. The monoisotopic (exact) mass is 331 g/mol. The number of amides is 1. The third-order valence-electron chi connectivity index (χ3n) is 3.28. The molecule has 0 spiro atoms. The van der Waals surface area contributed by atoms with E-state index in [-0.39, 0.29) is 37.1 Å². The molecule has 0 fully saturated rings. The summed E-state index contributed by atoms with van der Waals surface area (Å²) < 4.78 is 0. The Balaban J connectivity index is 3.37. The molecule has 0 aliphatic carbocycles. The fraction of sp³-hybridized carbons (Fsp3) is 0.357. The van der Waals surface area contributed by atoms with Crippen LogP contribution in [-0.4, -0.2) is 33.7 Å². The van der Waals surface area contributed by atoms with Gasteiger partial charge in [0.15, 0.2) is 0 Å². The molecule has 1 amide bonds. The minimum atomic E-state index is -0.821. The zero-order valence-corrected chi connectivity index (χ0v) is 12.8. The molecule has 1 aromatic rings. The first kappa shape index (κ1) is 18.5. The maximum absolute atomic E-state index is 12.6. The number of nitro benzene ring substituents is 2. The van der Waals surface area contributed by atoms with Gasteiger partial charge in [0.05, 0.1) is 46.5 Å². The van der Waals surface area contributed by atoms with Crippen molar-refractivity contribution < 1.29 is 14.6 Å². The van der Waals surface area contributed by atoms with Crippen LogP contribution in [0.5, 0.6) is 0 Å². The summed E-state index contributed by atoms with van der Waals surface area (Å²) in [5.41, 5.74) is -1.30. The Morgan fingerprint density at radius 1 is 1.12 bits per heavy atom. The van der Waals surface area contributed by atoms with Crippen molar-refractivity contribution in [3.8, 4) is 12.1 Å². The van der Waals surface area contributed by atoms with Gasteiger partial charge in [0.1, 0.15) is 0 Å². The van der Waals surface area contributed by atoms with Gasteiger partial charge >= 0.3 is 0 Å². The van der Waals surface area contributed by atoms with Crippen LogP contribution in [0.15, 0.2) is 12.1 Å². The van der Waals surface area contributed by atoms with Crippen LogP contribution in [0.2, 0.25) is 0 Å². The Kier molecular flexibility index (Phi) is 6.32. The van der Waals surface area contributed by atoms with E-state index in [4.69, 9.17) is 10.5 Å². The van der Waals surface area contributed by atoms with Gasteiger partial charge in [0.25, 0.3) is 17.3 Å². The summed E-state index contributed by atoms with van der Waals surface area (Å²) >= 11 is 0. The second-order valence-corrected chi connectivity index (χ2v) is 4.76. The number of carbonyl (C=O) groups is 1. The minimum Gasteiger partial charge on any atom is -0.337 e. The Hall–Kier alpha value is -3.53. The average Bonchev–Trinajstić information content (AvgIpc) is 2.54. The molecular formula is C14H13N5O5. The molecule has 24 heavy (non-hydrogen) atoms. The highest BCUT2D eigenvalue weighted by molar-refractivity contribution is 5.97. The van der Waals surface area contributed by atoms with Crippen molar-refractivity contribution in [2.24, 2.45) is 0 Å². The number of nitriles is 2. The number of hydrogen-bond acceptors (Lipinski definition) is 7. The van der Waals surface area contributed by atoms with E-state index in [1.807, 2.05) is 12.1 Å². The van der Waals surface area contributed by atoms with Crippen LogP contribution in [-0.2, 0) is 0 Å². The molecule has 10 nitrogen and oxygen atoms in total. The van der Waals surface area contributed by atoms with Gasteiger partial charge in [-0.15, -0.1) is 0 Å². The number of nitrogens with zero attached hydrogens (tertiary/aromatic N) is 5. The van der Waals surface area contributed by atoms with Gasteiger partial charge in [0.2, 0.25) is 0 Å². The van der Waals surface area contributed by atoms with Crippen molar-refractivity contribution in [1.82, 2.24) is 4.90 Å². The Labute approximate surface area is 136 Å². The van der Waals surface area contributed by atoms with Crippen LogP contribution in [0.4, 0.5) is 11.4 Å². The third-order valence-corrected chi connectivity index (χ3v) is 3.28. The van der Waals surface area contributed by atoms with E-state index >= 15 is 0 Å². The van der Waals surface area contributed by atoms with Crippen LogP contribution in [0.25, 0.3) is 0 Å². The second-order valence-electron chi connectivity index (χ2n) is 4.76. The zero-order valence-electron chi connectivity index (χ0n) is 12.8. The summed E-state index contributed by atoms with van der Waals surface area (Å²) in [5, 5.41) is 39.3. The zero-order chi connectivity index (χ0) is 18.3. The topological polar surface area (TPSA) is 154 Å². The molecule has 0 N–H and O–H groups in total. The van der Waals surface area contributed by atoms with E-state index in [0.29, 0.717) is 0 Å². The molecule has 0 heterocycles. The number of benzene rings is 1. The van der Waals surface area contributed by atoms with Crippen molar-refractivity contribution >= 4 is 17.3 Å². The number of carbonyl (C=O) groups excluding carboxylic acids is 1. The van der Waals surface area contributed by atoms with E-state index in [0.717, 1.165) is 12.1 Å². The summed E-state index contributed by atoms with van der Waals surface area (Å²) in [6, 6.07) is 5.48. The number of hydrogen-bond donors (Lipinski definition) is 0. The lowest BCUT2D eigenvalue weighted by Crippen LogP contribution is -2.33. The van der Waals surface area contributed by atoms with Crippen LogP contribution in [0.3, 0.4) is 0 Å². The summed E-state index contributed by atoms with van der Waals surface area (Å²) in [5.74, 6) is -0.690. The molecule has 0 unspecified atom stereocenters. The molecular weight excluding hydrogens is 318 g/mol. The molecule has 124 valence electrons. The lowest BCUT2D eigenvalue weighted by molar-refractivity contribution is -0.394. The van der Waals surface area contributed by atoms with Crippen molar-refractivity contribution in [2.45, 2.75) is 19.8 Å². The highest BCUT2D eigenvalue weighted by Crippen LogP contribution is 2.29. The summed E-state index contributed by atoms with van der Waals surface area (Å²) in [7, 11) is 0. The van der Waals surface area contributed by atoms with Crippen molar-refractivity contribution in [3.63, 3.8) is 0 Å². The van der Waals surface area contributed by atoms with Gasteiger partial charge in [-0.1, -0.05) is 0 Å². The number of rotatable bonds is 7. The van der Waals surface area contributed by atoms with Gasteiger partial charge in [-0.25, -0.2) is 0 Å². The van der Waals surface area contributed by atoms with E-state index in [9.17, 15) is 25.0 Å². The van der Waals surface area contributed by atoms with Crippen LogP contribution < -0.4 is 0 Å². The fourth-order valence-electron chi connectivity index (χ4n) is 2.06. The van der Waals surface area contributed by atoms with E-state index < -0.39 is 27.1 Å². The van der Waals surface area contributed by atoms with E-state index in [1.54, 1.807) is 0 Å². The Morgan fingerprint density at radius 2 is 1.67 bits per heavy atom. The second kappa shape index (κ2) is 8.19. The first-order valence-electron chi connectivity index (χ1n) is 6.80. The summed E-state index contributed by atoms with van der Waals surface area (Å²) in [4.78, 5) is 34.2. The SMILES string of the molecule is Cc1c(C(=O)N(CCC#N)CCC#N)cc([N+](=O)[O-])cc1[N+](=O)[O-]. The first-order valence-corrected chi connectivity index (χ1v) is 6.80. The minimum absolute atomic E-state index is 0.00508. The predicted molar refractivity (Wildman–Crippen MR) is 80.9 cm³/mol. The lowest BCUT2D eigenvalue weighted by Gasteiger charge is -2.21. The molecule has 10 heteroatoms. The van der Waals surface area contributed by atoms with E-state index in [2.05, 4.69) is 0 Å². The maximum Gasteiger partial charge on any atom is 0.279 e. The Bertz CT molecular complexity index is 744. The molecule has 0 atom stereocenters. The molecule has 0 saturated heterocycles. The lowest BCUT2D eigenvalue weighted by atomic mass is 10.0. The summed E-state index contributed by atoms with van der Waals surface area (Å²) in [6.45, 7) is 1.36. The normalized spacial score (nSPS) is 9.62. The van der Waals surface area contributed by atoms with Crippen LogP contribution in [0, 0.1) is 49.8 Å². The molecule has 0 aliphatic rings. The predicted octanol–water partition coefficient (Wildman–Crippen LogP) is 2.08. The third kappa shape index (κ3) is 4.24. The van der Waals surface area contributed by atoms with Crippen molar-refractivity contribution in [2.75, 3.05) is 13.1 Å². The highest BCUT2D eigenvalue weighted by atomic mass is 16.6. The van der Waals surface area contributed by atoms with Gasteiger partial charge < -0.3 is 4.90 Å². The van der Waals surface area contributed by atoms with Crippen molar-refractivity contribution in [1.29, 1.82) is 10.5 Å². The van der Waals surface area contributed by atoms with Gasteiger partial charge in [-0.05, 0) is 6.92 Å². The first-order chi connectivity index (χ1) is 11.3. The smallest absolute Gasteiger partial charge is 0.279 e. The number of nitro groups is 2. The molecule has 0 radical (unpaired) electrons. The van der Waals surface area contributed by atoms with Gasteiger partial charge in [-0.3, -0.25) is 25.0 Å². The molecule has 1 aromatic carbocycles. The molecule has 1 rings (SSSR count). The van der Waals surface area contributed by atoms with Crippen LogP contribution >= 0.6 is 0 Å². The molecule has 0 aliphatic heterocycles. The molecule has 0 saturated carbocycles.